The number of fused-ring (bicyclic) bond motifs is 10. The molecule has 0 fully saturated rings. The number of imidazole rings is 3. The average molecular weight is 1340 g/mol. The number of nitrogens with zero attached hydrogens (tertiary/aromatic N) is 9. The van der Waals surface area contributed by atoms with E-state index in [-0.39, 0.29) is 10.9 Å². The van der Waals surface area contributed by atoms with Crippen molar-refractivity contribution >= 4 is 98.5 Å². The summed E-state index contributed by atoms with van der Waals surface area (Å²) >= 11 is 0. The number of aryl methyl sites for hydroxylation is 2. The molecule has 0 saturated carbocycles. The first kappa shape index (κ1) is 59.8. The summed E-state index contributed by atoms with van der Waals surface area (Å²) in [4.78, 5) is 44.7. The molecule has 0 saturated heterocycles. The van der Waals surface area contributed by atoms with Crippen molar-refractivity contribution in [3.8, 4) is 91.0 Å². The number of hydrogen-bond donors (Lipinski definition) is 0. The van der Waals surface area contributed by atoms with Crippen LogP contribution in [0.3, 0.4) is 0 Å². The molecule has 13 heteroatoms. The molecule has 0 aliphatic rings. The van der Waals surface area contributed by atoms with Crippen LogP contribution in [0.5, 0.6) is 23.0 Å². The SMILES string of the molecule is Cn1c2ccccc2c(=O)c2cc3c(cc21)c(=O)c1cc(Oc2ccc(-c4ccc(Oc5ccc(-n6c(-c7cc(-c8nc9ccccc9n8-c8ccccc8)cc(-c8nc9ccccc9n8-c8ccccc8)c7)nc7ccccc76)cc5)cc4-n4c5ccccc5c5ccccc54)cc2)ccc1n3C. The summed E-state index contributed by atoms with van der Waals surface area (Å²) in [6, 6.07) is 109. The van der Waals surface area contributed by atoms with Gasteiger partial charge in [0, 0.05) is 91.8 Å². The molecule has 0 bridgehead atoms. The largest absolute Gasteiger partial charge is 0.457 e. The Hall–Kier alpha value is -14.2. The molecule has 0 N–H and O–H groups in total. The molecular weight excluding hydrogens is 1280 g/mol. The Morgan fingerprint density at radius 3 is 1.10 bits per heavy atom. The molecular formula is C91H59N9O4. The van der Waals surface area contributed by atoms with Crippen LogP contribution in [0.15, 0.2) is 331 Å². The molecule has 20 aromatic rings. The lowest BCUT2D eigenvalue weighted by Crippen LogP contribution is -2.13. The lowest BCUT2D eigenvalue weighted by Gasteiger charge is -2.17. The maximum Gasteiger partial charge on any atom is 0.197 e. The Morgan fingerprint density at radius 2 is 0.606 bits per heavy atom. The van der Waals surface area contributed by atoms with Crippen LogP contribution in [0.1, 0.15) is 0 Å². The van der Waals surface area contributed by atoms with Gasteiger partial charge in [-0.25, -0.2) is 15.0 Å². The second-order valence-electron chi connectivity index (χ2n) is 26.4. The number of pyridine rings is 2. The Kier molecular flexibility index (Phi) is 13.7. The van der Waals surface area contributed by atoms with Crippen molar-refractivity contribution in [2.75, 3.05) is 0 Å². The maximum atomic E-state index is 14.6. The van der Waals surface area contributed by atoms with E-state index >= 15 is 0 Å². The third kappa shape index (κ3) is 9.66. The molecule has 0 atom stereocenters. The first-order valence-corrected chi connectivity index (χ1v) is 34.6. The van der Waals surface area contributed by atoms with E-state index in [4.69, 9.17) is 24.4 Å². The standard InChI is InChI=1S/C91H59N9O4/c1-95-77-31-15-11-27-70(77)87(101)72-54-85-73(55-84(72)95)88(102)71-52-65(46-48-78(71)96(85)2)103-63-41-37-56(38-42-63)67-47-45-66(53-86(67)100-79-32-16-9-25-68(79)69-26-10-17-33-80(69)100)104-64-43-39-62(40-44-64)99-83-36-20-14-30-76(83)94-91(99)59-50-57(89-92-74-28-12-18-34-81(74)97(89)60-21-5-3-6-22-60)49-58(51-59)90-93-75-29-13-19-35-82(75)98(90)61-23-7-4-8-24-61/h3-55H,1-2H3. The van der Waals surface area contributed by atoms with Gasteiger partial charge in [-0.1, -0.05) is 133 Å². The van der Waals surface area contributed by atoms with E-state index < -0.39 is 0 Å². The summed E-state index contributed by atoms with van der Waals surface area (Å²) in [7, 11) is 3.86. The summed E-state index contributed by atoms with van der Waals surface area (Å²) in [5, 5.41) is 4.51. The monoisotopic (exact) mass is 1340 g/mol. The molecule has 6 aromatic heterocycles. The number of ether oxygens (including phenoxy) is 2. The molecule has 0 aliphatic carbocycles. The van der Waals surface area contributed by atoms with Crippen LogP contribution >= 0.6 is 0 Å². The Morgan fingerprint density at radius 1 is 0.250 bits per heavy atom. The maximum absolute atomic E-state index is 14.6. The summed E-state index contributed by atoms with van der Waals surface area (Å²) in [6.45, 7) is 0. The zero-order valence-electron chi connectivity index (χ0n) is 56.3. The molecule has 0 spiro atoms. The minimum absolute atomic E-state index is 0.0608. The van der Waals surface area contributed by atoms with Gasteiger partial charge in [0.1, 0.15) is 40.5 Å². The highest BCUT2D eigenvalue weighted by atomic mass is 16.5. The number of rotatable bonds is 12. The Bertz CT molecular complexity index is 6860. The van der Waals surface area contributed by atoms with Crippen LogP contribution in [0.4, 0.5) is 0 Å². The molecule has 13 nitrogen and oxygen atoms in total. The van der Waals surface area contributed by atoms with Gasteiger partial charge in [-0.2, -0.15) is 0 Å². The van der Waals surface area contributed by atoms with Crippen molar-refractivity contribution in [2.45, 2.75) is 0 Å². The first-order valence-electron chi connectivity index (χ1n) is 34.6. The number of benzene rings is 14. The second kappa shape index (κ2) is 23.8. The lowest BCUT2D eigenvalue weighted by atomic mass is 10.0. The summed E-state index contributed by atoms with van der Waals surface area (Å²) in [6.07, 6.45) is 0. The first-order chi connectivity index (χ1) is 51.2. The highest BCUT2D eigenvalue weighted by Gasteiger charge is 2.25. The normalized spacial score (nSPS) is 11.8. The average Bonchev–Trinajstić information content (AvgIpc) is 1.41. The second-order valence-corrected chi connectivity index (χ2v) is 26.4. The molecule has 492 valence electrons. The number of para-hydroxylation sites is 11. The Balaban J connectivity index is 0.669. The van der Waals surface area contributed by atoms with E-state index in [1.54, 1.807) is 0 Å². The Labute approximate surface area is 594 Å². The van der Waals surface area contributed by atoms with Crippen LogP contribution in [-0.2, 0) is 14.1 Å². The fraction of sp³-hybridized carbons (Fsp3) is 0.0220. The van der Waals surface area contributed by atoms with Gasteiger partial charge in [-0.05, 0) is 188 Å². The molecule has 6 heterocycles. The van der Waals surface area contributed by atoms with Gasteiger partial charge in [0.2, 0.25) is 0 Å². The van der Waals surface area contributed by atoms with Gasteiger partial charge >= 0.3 is 0 Å². The predicted octanol–water partition coefficient (Wildman–Crippen LogP) is 21.1. The van der Waals surface area contributed by atoms with Gasteiger partial charge in [-0.3, -0.25) is 23.3 Å². The highest BCUT2D eigenvalue weighted by molar-refractivity contribution is 6.10. The zero-order chi connectivity index (χ0) is 69.3. The fourth-order valence-electron chi connectivity index (χ4n) is 15.5. The van der Waals surface area contributed by atoms with Crippen molar-refractivity contribution < 1.29 is 9.47 Å². The summed E-state index contributed by atoms with van der Waals surface area (Å²) < 4.78 is 26.6. The van der Waals surface area contributed by atoms with Gasteiger partial charge in [0.15, 0.2) is 10.9 Å². The molecule has 104 heavy (non-hydrogen) atoms. The lowest BCUT2D eigenvalue weighted by molar-refractivity contribution is 0.482. The molecule has 14 aromatic carbocycles. The highest BCUT2D eigenvalue weighted by Crippen LogP contribution is 2.43. The van der Waals surface area contributed by atoms with Gasteiger partial charge in [0.05, 0.1) is 71.9 Å². The fourth-order valence-corrected chi connectivity index (χ4v) is 15.5. The van der Waals surface area contributed by atoms with Gasteiger partial charge in [0.25, 0.3) is 0 Å². The topological polar surface area (TPSA) is 121 Å². The van der Waals surface area contributed by atoms with Crippen LogP contribution in [0.2, 0.25) is 0 Å². The molecule has 0 amide bonds. The molecule has 0 radical (unpaired) electrons. The van der Waals surface area contributed by atoms with Crippen LogP contribution in [0, 0.1) is 0 Å². The van der Waals surface area contributed by atoms with Crippen molar-refractivity contribution in [3.05, 3.63) is 342 Å². The predicted molar refractivity (Wildman–Crippen MR) is 420 cm³/mol. The van der Waals surface area contributed by atoms with Crippen LogP contribution in [-0.4, -0.2) is 42.4 Å². The van der Waals surface area contributed by atoms with Gasteiger partial charge in [-0.15, -0.1) is 0 Å². The third-order valence-electron chi connectivity index (χ3n) is 20.4. The number of hydrogen-bond acceptors (Lipinski definition) is 7. The minimum atomic E-state index is -0.138. The van der Waals surface area contributed by atoms with E-state index in [0.717, 1.165) is 134 Å². The number of aromatic nitrogens is 9. The van der Waals surface area contributed by atoms with Crippen molar-refractivity contribution in [1.82, 2.24) is 42.4 Å². The summed E-state index contributed by atoms with van der Waals surface area (Å²) in [5.74, 6) is 4.75. The van der Waals surface area contributed by atoms with E-state index in [0.29, 0.717) is 55.6 Å². The van der Waals surface area contributed by atoms with E-state index in [2.05, 4.69) is 225 Å². The van der Waals surface area contributed by atoms with Crippen molar-refractivity contribution in [3.63, 3.8) is 0 Å². The van der Waals surface area contributed by atoms with E-state index in [1.165, 1.54) is 0 Å². The van der Waals surface area contributed by atoms with Crippen molar-refractivity contribution in [2.24, 2.45) is 14.1 Å². The van der Waals surface area contributed by atoms with Gasteiger partial charge < -0.3 is 23.2 Å². The molecule has 20 rings (SSSR count). The van der Waals surface area contributed by atoms with Crippen molar-refractivity contribution in [1.29, 1.82) is 0 Å². The quantitative estimate of drug-likeness (QED) is 0.112. The minimum Gasteiger partial charge on any atom is -0.457 e. The van der Waals surface area contributed by atoms with E-state index in [1.807, 2.05) is 138 Å². The van der Waals surface area contributed by atoms with E-state index in [9.17, 15) is 9.59 Å². The molecule has 0 aliphatic heterocycles. The van der Waals surface area contributed by atoms with Crippen LogP contribution in [0.25, 0.3) is 167 Å². The smallest absolute Gasteiger partial charge is 0.197 e. The molecule has 0 unspecified atom stereocenters. The third-order valence-corrected chi connectivity index (χ3v) is 20.4. The van der Waals surface area contributed by atoms with Crippen LogP contribution < -0.4 is 20.3 Å². The summed E-state index contributed by atoms with van der Waals surface area (Å²) in [5.41, 5.74) is 18.8. The zero-order valence-corrected chi connectivity index (χ0v) is 56.3.